The van der Waals surface area contributed by atoms with Crippen LogP contribution in [0.15, 0.2) is 59.5 Å². The summed E-state index contributed by atoms with van der Waals surface area (Å²) in [5, 5.41) is 2.69. The highest BCUT2D eigenvalue weighted by Crippen LogP contribution is 2.15. The van der Waals surface area contributed by atoms with Crippen molar-refractivity contribution in [3.05, 3.63) is 60.2 Å². The quantitative estimate of drug-likeness (QED) is 0.696. The number of nitrogens with one attached hydrogen (secondary N) is 2. The summed E-state index contributed by atoms with van der Waals surface area (Å²) in [6.07, 6.45) is 3.81. The molecule has 0 heterocycles. The topological polar surface area (TPSA) is 84.5 Å². The van der Waals surface area contributed by atoms with Crippen LogP contribution in [0, 0.1) is 0 Å². The van der Waals surface area contributed by atoms with Crippen LogP contribution in [0.2, 0.25) is 0 Å². The zero-order chi connectivity index (χ0) is 19.0. The Morgan fingerprint density at radius 1 is 1.08 bits per heavy atom. The molecule has 0 unspecified atom stereocenters. The fraction of sp³-hybridized carbons (Fsp3) is 0.211. The van der Waals surface area contributed by atoms with Gasteiger partial charge in [-0.2, -0.15) is 0 Å². The van der Waals surface area contributed by atoms with Gasteiger partial charge in [0, 0.05) is 18.3 Å². The molecule has 138 valence electrons. The lowest BCUT2D eigenvalue weighted by atomic mass is 10.2. The zero-order valence-corrected chi connectivity index (χ0v) is 15.5. The van der Waals surface area contributed by atoms with Gasteiger partial charge in [-0.15, -0.1) is 0 Å². The second-order valence-electron chi connectivity index (χ2n) is 5.52. The van der Waals surface area contributed by atoms with E-state index in [2.05, 4.69) is 10.0 Å². The average molecular weight is 374 g/mol. The van der Waals surface area contributed by atoms with Crippen molar-refractivity contribution in [2.24, 2.45) is 0 Å². The van der Waals surface area contributed by atoms with Gasteiger partial charge in [-0.3, -0.25) is 4.79 Å². The molecule has 0 atom stereocenters. The predicted octanol–water partition coefficient (Wildman–Crippen LogP) is 3.04. The number of sulfonamides is 1. The summed E-state index contributed by atoms with van der Waals surface area (Å²) < 4.78 is 31.6. The van der Waals surface area contributed by atoms with E-state index >= 15 is 0 Å². The van der Waals surface area contributed by atoms with Crippen LogP contribution in [0.5, 0.6) is 5.75 Å². The first-order valence-electron chi connectivity index (χ1n) is 8.17. The van der Waals surface area contributed by atoms with E-state index in [9.17, 15) is 13.2 Å². The second-order valence-corrected chi connectivity index (χ2v) is 7.28. The van der Waals surface area contributed by atoms with Crippen molar-refractivity contribution in [2.75, 3.05) is 19.0 Å². The maximum Gasteiger partial charge on any atom is 0.248 e. The molecule has 0 aliphatic carbocycles. The molecule has 0 bridgehead atoms. The van der Waals surface area contributed by atoms with Crippen molar-refractivity contribution >= 4 is 27.7 Å². The van der Waals surface area contributed by atoms with Gasteiger partial charge in [0.2, 0.25) is 15.9 Å². The Morgan fingerprint density at radius 3 is 2.31 bits per heavy atom. The van der Waals surface area contributed by atoms with Crippen LogP contribution in [-0.4, -0.2) is 28.0 Å². The monoisotopic (exact) mass is 374 g/mol. The highest BCUT2D eigenvalue weighted by atomic mass is 32.2. The van der Waals surface area contributed by atoms with Crippen LogP contribution in [0.25, 0.3) is 6.08 Å². The minimum Gasteiger partial charge on any atom is -0.497 e. The molecule has 0 radical (unpaired) electrons. The number of amides is 1. The molecule has 2 N–H and O–H groups in total. The Labute approximate surface area is 153 Å². The third-order valence-corrected chi connectivity index (χ3v) is 4.99. The molecule has 0 fully saturated rings. The number of hydrogen-bond donors (Lipinski definition) is 2. The predicted molar refractivity (Wildman–Crippen MR) is 103 cm³/mol. The van der Waals surface area contributed by atoms with Gasteiger partial charge < -0.3 is 10.1 Å². The van der Waals surface area contributed by atoms with Crippen molar-refractivity contribution in [2.45, 2.75) is 18.2 Å². The number of anilines is 1. The van der Waals surface area contributed by atoms with E-state index in [0.29, 0.717) is 18.7 Å². The first-order chi connectivity index (χ1) is 12.4. The van der Waals surface area contributed by atoms with Gasteiger partial charge in [0.1, 0.15) is 5.75 Å². The summed E-state index contributed by atoms with van der Waals surface area (Å²) in [6.45, 7) is 2.28. The fourth-order valence-corrected chi connectivity index (χ4v) is 3.24. The molecule has 2 aromatic rings. The Kier molecular flexibility index (Phi) is 6.94. The number of carbonyl (C=O) groups is 1. The number of ether oxygens (including phenoxy) is 1. The standard InChI is InChI=1S/C19H22N2O4S/c1-3-14-20-26(23,24)18-11-7-16(8-12-18)21-19(22)13-6-15-4-9-17(25-2)10-5-15/h4-13,20H,3,14H2,1-2H3,(H,21,22). The first-order valence-corrected chi connectivity index (χ1v) is 9.66. The lowest BCUT2D eigenvalue weighted by Gasteiger charge is -2.07. The van der Waals surface area contributed by atoms with Crippen molar-refractivity contribution in [1.82, 2.24) is 4.72 Å². The Morgan fingerprint density at radius 2 is 1.73 bits per heavy atom. The molecule has 0 saturated heterocycles. The van der Waals surface area contributed by atoms with E-state index in [0.717, 1.165) is 11.3 Å². The SMILES string of the molecule is CCCNS(=O)(=O)c1ccc(NC(=O)C=Cc2ccc(OC)cc2)cc1. The molecule has 7 heteroatoms. The third-order valence-electron chi connectivity index (χ3n) is 3.52. The Balaban J connectivity index is 1.97. The van der Waals surface area contributed by atoms with Gasteiger partial charge in [0.15, 0.2) is 0 Å². The molecule has 6 nitrogen and oxygen atoms in total. The van der Waals surface area contributed by atoms with Crippen molar-refractivity contribution in [3.63, 3.8) is 0 Å². The molecule has 0 aromatic heterocycles. The number of rotatable bonds is 8. The lowest BCUT2D eigenvalue weighted by Crippen LogP contribution is -2.24. The van der Waals surface area contributed by atoms with E-state index in [4.69, 9.17) is 4.74 Å². The van der Waals surface area contributed by atoms with Crippen LogP contribution >= 0.6 is 0 Å². The Bertz CT molecular complexity index is 857. The number of methoxy groups -OCH3 is 1. The van der Waals surface area contributed by atoms with Crippen LogP contribution in [-0.2, 0) is 14.8 Å². The summed E-state index contributed by atoms with van der Waals surface area (Å²) >= 11 is 0. The Hall–Kier alpha value is -2.64. The average Bonchev–Trinajstić information content (AvgIpc) is 2.65. The van der Waals surface area contributed by atoms with E-state index < -0.39 is 10.0 Å². The highest BCUT2D eigenvalue weighted by molar-refractivity contribution is 7.89. The van der Waals surface area contributed by atoms with Crippen LogP contribution < -0.4 is 14.8 Å². The number of carbonyl (C=O) groups excluding carboxylic acids is 1. The number of benzene rings is 2. The molecule has 0 spiro atoms. The molecule has 0 saturated carbocycles. The lowest BCUT2D eigenvalue weighted by molar-refractivity contribution is -0.111. The smallest absolute Gasteiger partial charge is 0.248 e. The van der Waals surface area contributed by atoms with Crippen molar-refractivity contribution in [1.29, 1.82) is 0 Å². The summed E-state index contributed by atoms with van der Waals surface area (Å²) in [7, 11) is -1.91. The summed E-state index contributed by atoms with van der Waals surface area (Å²) in [6, 6.07) is 13.3. The minimum absolute atomic E-state index is 0.165. The molecule has 2 aromatic carbocycles. The highest BCUT2D eigenvalue weighted by Gasteiger charge is 2.12. The maximum absolute atomic E-state index is 12.0. The molecule has 26 heavy (non-hydrogen) atoms. The fourth-order valence-electron chi connectivity index (χ4n) is 2.11. The molecule has 0 aliphatic rings. The van der Waals surface area contributed by atoms with E-state index in [1.54, 1.807) is 25.3 Å². The summed E-state index contributed by atoms with van der Waals surface area (Å²) in [4.78, 5) is 12.1. The summed E-state index contributed by atoms with van der Waals surface area (Å²) in [5.74, 6) is 0.440. The normalized spacial score (nSPS) is 11.5. The third kappa shape index (κ3) is 5.72. The maximum atomic E-state index is 12.0. The molecular weight excluding hydrogens is 352 g/mol. The van der Waals surface area contributed by atoms with Crippen LogP contribution in [0.4, 0.5) is 5.69 Å². The molecule has 2 rings (SSSR count). The number of hydrogen-bond acceptors (Lipinski definition) is 4. The van der Waals surface area contributed by atoms with E-state index in [1.165, 1.54) is 18.2 Å². The zero-order valence-electron chi connectivity index (χ0n) is 14.7. The van der Waals surface area contributed by atoms with Gasteiger partial charge in [-0.05, 0) is 54.5 Å². The second kappa shape index (κ2) is 9.17. The van der Waals surface area contributed by atoms with Crippen LogP contribution in [0.3, 0.4) is 0 Å². The first kappa shape index (κ1) is 19.7. The van der Waals surface area contributed by atoms with E-state index in [1.807, 2.05) is 31.2 Å². The molecule has 1 amide bonds. The van der Waals surface area contributed by atoms with Gasteiger partial charge >= 0.3 is 0 Å². The van der Waals surface area contributed by atoms with Gasteiger partial charge in [0.25, 0.3) is 0 Å². The largest absolute Gasteiger partial charge is 0.497 e. The van der Waals surface area contributed by atoms with E-state index in [-0.39, 0.29) is 10.8 Å². The van der Waals surface area contributed by atoms with Crippen molar-refractivity contribution < 1.29 is 17.9 Å². The van der Waals surface area contributed by atoms with Gasteiger partial charge in [0.05, 0.1) is 12.0 Å². The minimum atomic E-state index is -3.51. The van der Waals surface area contributed by atoms with Crippen molar-refractivity contribution in [3.8, 4) is 5.75 Å². The summed E-state index contributed by atoms with van der Waals surface area (Å²) in [5.41, 5.74) is 1.38. The van der Waals surface area contributed by atoms with Gasteiger partial charge in [-0.1, -0.05) is 19.1 Å². The molecular formula is C19H22N2O4S. The molecule has 0 aliphatic heterocycles. The van der Waals surface area contributed by atoms with Crippen LogP contribution in [0.1, 0.15) is 18.9 Å². The van der Waals surface area contributed by atoms with Gasteiger partial charge in [-0.25, -0.2) is 13.1 Å².